The van der Waals surface area contributed by atoms with Crippen molar-refractivity contribution in [2.75, 3.05) is 0 Å². The van der Waals surface area contributed by atoms with Crippen molar-refractivity contribution in [1.82, 2.24) is 9.38 Å². The molecular formula is C17H16N2O4S. The lowest BCUT2D eigenvalue weighted by Gasteiger charge is -2.10. The monoisotopic (exact) mass is 344 g/mol. The number of hydrogen-bond acceptors (Lipinski definition) is 6. The summed E-state index contributed by atoms with van der Waals surface area (Å²) in [7, 11) is 0. The molecule has 0 aliphatic heterocycles. The Labute approximate surface area is 141 Å². The minimum absolute atomic E-state index is 0.0300. The summed E-state index contributed by atoms with van der Waals surface area (Å²) in [6.45, 7) is 1.67. The number of carbonyl (C=O) groups excluding carboxylic acids is 1. The lowest BCUT2D eigenvalue weighted by molar-refractivity contribution is 0.0466. The quantitative estimate of drug-likeness (QED) is 0.683. The number of aromatic nitrogens is 2. The number of aryl methyl sites for hydroxylation is 3. The highest BCUT2D eigenvalue weighted by molar-refractivity contribution is 7.17. The molecule has 0 amide bonds. The maximum absolute atomic E-state index is 12.4. The number of esters is 1. The molecule has 0 bridgehead atoms. The van der Waals surface area contributed by atoms with Crippen LogP contribution < -0.4 is 5.56 Å². The van der Waals surface area contributed by atoms with Crippen molar-refractivity contribution < 1.29 is 13.9 Å². The van der Waals surface area contributed by atoms with Gasteiger partial charge in [0.15, 0.2) is 4.96 Å². The van der Waals surface area contributed by atoms with Crippen LogP contribution in [0.5, 0.6) is 0 Å². The number of furan rings is 1. The van der Waals surface area contributed by atoms with E-state index < -0.39 is 5.97 Å². The zero-order chi connectivity index (χ0) is 16.7. The van der Waals surface area contributed by atoms with Gasteiger partial charge in [0, 0.05) is 16.6 Å². The van der Waals surface area contributed by atoms with Gasteiger partial charge in [-0.2, -0.15) is 0 Å². The molecule has 0 atom stereocenters. The van der Waals surface area contributed by atoms with E-state index in [0.717, 1.165) is 31.4 Å². The van der Waals surface area contributed by atoms with Crippen molar-refractivity contribution in [3.8, 4) is 0 Å². The highest BCUT2D eigenvalue weighted by Gasteiger charge is 2.19. The van der Waals surface area contributed by atoms with Crippen molar-refractivity contribution in [2.45, 2.75) is 39.2 Å². The molecule has 24 heavy (non-hydrogen) atoms. The molecule has 124 valence electrons. The fourth-order valence-electron chi connectivity index (χ4n) is 3.03. The number of nitrogens with zero attached hydrogens (tertiary/aromatic N) is 2. The zero-order valence-electron chi connectivity index (χ0n) is 13.2. The molecule has 3 aromatic rings. The van der Waals surface area contributed by atoms with Crippen LogP contribution in [-0.2, 0) is 24.2 Å². The minimum atomic E-state index is -0.478. The molecule has 6 nitrogen and oxygen atoms in total. The van der Waals surface area contributed by atoms with Crippen LogP contribution >= 0.6 is 11.3 Å². The van der Waals surface area contributed by atoms with Gasteiger partial charge in [-0.1, -0.05) is 0 Å². The van der Waals surface area contributed by atoms with Gasteiger partial charge >= 0.3 is 5.97 Å². The van der Waals surface area contributed by atoms with Gasteiger partial charge in [0.25, 0.3) is 5.56 Å². The van der Waals surface area contributed by atoms with Gasteiger partial charge in [-0.25, -0.2) is 9.78 Å². The van der Waals surface area contributed by atoms with E-state index >= 15 is 0 Å². The van der Waals surface area contributed by atoms with Gasteiger partial charge in [-0.05, 0) is 38.7 Å². The molecule has 7 heteroatoms. The number of ether oxygens (including phenoxy) is 1. The molecule has 0 radical (unpaired) electrons. The lowest BCUT2D eigenvalue weighted by atomic mass is 10.0. The largest absolute Gasteiger partial charge is 0.469 e. The molecule has 3 aromatic heterocycles. The molecule has 0 saturated carbocycles. The number of thiazole rings is 1. The van der Waals surface area contributed by atoms with Crippen LogP contribution in [0.4, 0.5) is 0 Å². The Morgan fingerprint density at radius 1 is 1.42 bits per heavy atom. The summed E-state index contributed by atoms with van der Waals surface area (Å²) in [5.41, 5.74) is 1.84. The van der Waals surface area contributed by atoms with Gasteiger partial charge in [0.2, 0.25) is 0 Å². The maximum Gasteiger partial charge on any atom is 0.342 e. The predicted octanol–water partition coefficient (Wildman–Crippen LogP) is 2.89. The molecule has 0 aromatic carbocycles. The number of rotatable bonds is 3. The molecule has 0 N–H and O–H groups in total. The van der Waals surface area contributed by atoms with Crippen molar-refractivity contribution in [3.05, 3.63) is 56.3 Å². The number of hydrogen-bond donors (Lipinski definition) is 0. The second-order valence-electron chi connectivity index (χ2n) is 5.85. The molecule has 0 unspecified atom stereocenters. The van der Waals surface area contributed by atoms with E-state index in [1.165, 1.54) is 17.2 Å². The van der Waals surface area contributed by atoms with Gasteiger partial charge < -0.3 is 9.15 Å². The fourth-order valence-corrected chi connectivity index (χ4v) is 4.26. The third-order valence-electron chi connectivity index (χ3n) is 4.24. The van der Waals surface area contributed by atoms with E-state index in [1.807, 2.05) is 0 Å². The average molecular weight is 344 g/mol. The molecule has 0 spiro atoms. The SMILES string of the molecule is Cc1occc1C(=O)OCc1cc(=O)n2c3c(sc2n1)CCCC3. The van der Waals surface area contributed by atoms with Crippen LogP contribution in [0.1, 0.15) is 45.2 Å². The Morgan fingerprint density at radius 3 is 3.04 bits per heavy atom. The Hall–Kier alpha value is -2.41. The third-order valence-corrected chi connectivity index (χ3v) is 5.39. The first-order chi connectivity index (χ1) is 11.6. The minimum Gasteiger partial charge on any atom is -0.469 e. The average Bonchev–Trinajstić information content (AvgIpc) is 3.15. The number of carbonyl (C=O) groups is 1. The number of fused-ring (bicyclic) bond motifs is 3. The van der Waals surface area contributed by atoms with Crippen LogP contribution in [0.25, 0.3) is 4.96 Å². The van der Waals surface area contributed by atoms with Crippen LogP contribution in [0.2, 0.25) is 0 Å². The molecule has 1 aliphatic carbocycles. The van der Waals surface area contributed by atoms with Gasteiger partial charge in [0.05, 0.1) is 12.0 Å². The molecule has 3 heterocycles. The molecular weight excluding hydrogens is 328 g/mol. The van der Waals surface area contributed by atoms with Gasteiger partial charge in [-0.3, -0.25) is 9.20 Å². The highest BCUT2D eigenvalue weighted by Crippen LogP contribution is 2.28. The van der Waals surface area contributed by atoms with E-state index in [2.05, 4.69) is 4.98 Å². The standard InChI is InChI=1S/C17H16N2O4S/c1-10-12(6-7-22-10)16(21)23-9-11-8-15(20)19-13-4-2-3-5-14(13)24-17(19)18-11/h6-8H,2-5,9H2,1H3. The first kappa shape index (κ1) is 15.1. The topological polar surface area (TPSA) is 73.8 Å². The van der Waals surface area contributed by atoms with Crippen molar-refractivity contribution in [3.63, 3.8) is 0 Å². The second-order valence-corrected chi connectivity index (χ2v) is 6.91. The summed E-state index contributed by atoms with van der Waals surface area (Å²) in [5, 5.41) is 0. The lowest BCUT2D eigenvalue weighted by Crippen LogP contribution is -2.18. The first-order valence-corrected chi connectivity index (χ1v) is 8.69. The summed E-state index contributed by atoms with van der Waals surface area (Å²) < 4.78 is 12.0. The van der Waals surface area contributed by atoms with Gasteiger partial charge in [-0.15, -0.1) is 11.3 Å². The van der Waals surface area contributed by atoms with E-state index in [4.69, 9.17) is 9.15 Å². The van der Waals surface area contributed by atoms with Crippen molar-refractivity contribution in [2.24, 2.45) is 0 Å². The normalized spacial score (nSPS) is 13.9. The van der Waals surface area contributed by atoms with Crippen molar-refractivity contribution in [1.29, 1.82) is 0 Å². The molecule has 0 saturated heterocycles. The Bertz CT molecular complexity index is 982. The van der Waals surface area contributed by atoms with Crippen LogP contribution in [0, 0.1) is 6.92 Å². The molecule has 1 aliphatic rings. The summed E-state index contributed by atoms with van der Waals surface area (Å²) in [4.78, 5) is 30.9. The van der Waals surface area contributed by atoms with Crippen LogP contribution in [0.15, 0.2) is 27.6 Å². The van der Waals surface area contributed by atoms with E-state index in [1.54, 1.807) is 28.7 Å². The maximum atomic E-state index is 12.4. The summed E-state index contributed by atoms with van der Waals surface area (Å²) in [6, 6.07) is 3.01. The zero-order valence-corrected chi connectivity index (χ0v) is 14.0. The second kappa shape index (κ2) is 5.90. The fraction of sp³-hybridized carbons (Fsp3) is 0.353. The van der Waals surface area contributed by atoms with E-state index in [9.17, 15) is 9.59 Å². The van der Waals surface area contributed by atoms with Crippen molar-refractivity contribution >= 4 is 22.3 Å². The van der Waals surface area contributed by atoms with E-state index in [0.29, 0.717) is 22.0 Å². The smallest absolute Gasteiger partial charge is 0.342 e. The molecule has 0 fully saturated rings. The Morgan fingerprint density at radius 2 is 2.25 bits per heavy atom. The summed E-state index contributed by atoms with van der Waals surface area (Å²) in [5.74, 6) is 0.0307. The summed E-state index contributed by atoms with van der Waals surface area (Å²) in [6.07, 6.45) is 5.63. The Kier molecular flexibility index (Phi) is 3.72. The summed E-state index contributed by atoms with van der Waals surface area (Å²) >= 11 is 1.56. The van der Waals surface area contributed by atoms with Crippen LogP contribution in [-0.4, -0.2) is 15.4 Å². The highest BCUT2D eigenvalue weighted by atomic mass is 32.1. The van der Waals surface area contributed by atoms with Crippen LogP contribution in [0.3, 0.4) is 0 Å². The third kappa shape index (κ3) is 2.54. The van der Waals surface area contributed by atoms with E-state index in [-0.39, 0.29) is 12.2 Å². The molecule has 4 rings (SSSR count). The van der Waals surface area contributed by atoms with Gasteiger partial charge in [0.1, 0.15) is 17.9 Å². The first-order valence-electron chi connectivity index (χ1n) is 7.88. The predicted molar refractivity (Wildman–Crippen MR) is 88.5 cm³/mol. The Balaban J connectivity index is 1.60.